The maximum atomic E-state index is 12.6. The maximum absolute atomic E-state index is 12.6. The number of amides is 2. The molecule has 2 aromatic rings. The van der Waals surface area contributed by atoms with Gasteiger partial charge >= 0.3 is 0 Å². The minimum Gasteiger partial charge on any atom is -0.372 e. The minimum absolute atomic E-state index is 0.162. The number of carbonyl (C=O) groups is 2. The monoisotopic (exact) mass is 372 g/mol. The van der Waals surface area contributed by atoms with Crippen molar-refractivity contribution in [2.75, 3.05) is 10.2 Å². The van der Waals surface area contributed by atoms with Gasteiger partial charge in [0.15, 0.2) is 0 Å². The highest BCUT2D eigenvalue weighted by molar-refractivity contribution is 9.10. The van der Waals surface area contributed by atoms with Crippen LogP contribution in [-0.2, 0) is 16.0 Å². The predicted octanol–water partition coefficient (Wildman–Crippen LogP) is 3.76. The van der Waals surface area contributed by atoms with Crippen molar-refractivity contribution in [3.63, 3.8) is 0 Å². The molecular weight excluding hydrogens is 356 g/mol. The third-order valence-electron chi connectivity index (χ3n) is 3.95. The number of halogens is 1. The van der Waals surface area contributed by atoms with Gasteiger partial charge in [-0.1, -0.05) is 31.2 Å². The van der Waals surface area contributed by atoms with Crippen molar-refractivity contribution >= 4 is 39.1 Å². The molecule has 1 aliphatic heterocycles. The van der Waals surface area contributed by atoms with Crippen LogP contribution in [0.3, 0.4) is 0 Å². The van der Waals surface area contributed by atoms with E-state index in [4.69, 9.17) is 0 Å². The van der Waals surface area contributed by atoms with E-state index in [9.17, 15) is 9.59 Å². The van der Waals surface area contributed by atoms with Crippen LogP contribution in [0.25, 0.3) is 0 Å². The van der Waals surface area contributed by atoms with Crippen LogP contribution in [0.2, 0.25) is 0 Å². The van der Waals surface area contributed by atoms with Crippen molar-refractivity contribution in [1.29, 1.82) is 0 Å². The summed E-state index contributed by atoms with van der Waals surface area (Å²) in [5.74, 6) is -0.390. The number of carbonyl (C=O) groups excluding carboxylic acids is 2. The summed E-state index contributed by atoms with van der Waals surface area (Å²) in [7, 11) is 0. The summed E-state index contributed by atoms with van der Waals surface area (Å²) in [5.41, 5.74) is 2.62. The molecule has 0 radical (unpaired) electrons. The second-order valence-electron chi connectivity index (χ2n) is 5.47. The fraction of sp³-hybridized carbons (Fsp3) is 0.222. The van der Waals surface area contributed by atoms with Crippen LogP contribution in [0.1, 0.15) is 18.9 Å². The highest BCUT2D eigenvalue weighted by Gasteiger charge is 2.39. The molecule has 1 atom stereocenters. The quantitative estimate of drug-likeness (QED) is 0.831. The Morgan fingerprint density at radius 3 is 2.48 bits per heavy atom. The van der Waals surface area contributed by atoms with Gasteiger partial charge in [0.25, 0.3) is 5.91 Å². The molecule has 118 valence electrons. The Morgan fingerprint density at radius 1 is 1.13 bits per heavy atom. The summed E-state index contributed by atoms with van der Waals surface area (Å²) in [4.78, 5) is 26.2. The van der Waals surface area contributed by atoms with E-state index in [1.165, 1.54) is 10.5 Å². The van der Waals surface area contributed by atoms with Crippen LogP contribution in [0.15, 0.2) is 53.0 Å². The minimum atomic E-state index is -0.535. The van der Waals surface area contributed by atoms with Crippen molar-refractivity contribution in [1.82, 2.24) is 0 Å². The molecule has 23 heavy (non-hydrogen) atoms. The van der Waals surface area contributed by atoms with Gasteiger partial charge in [-0.3, -0.25) is 9.59 Å². The van der Waals surface area contributed by atoms with Gasteiger partial charge in [0.2, 0.25) is 5.91 Å². The van der Waals surface area contributed by atoms with E-state index in [-0.39, 0.29) is 18.2 Å². The van der Waals surface area contributed by atoms with E-state index < -0.39 is 6.04 Å². The Bertz CT molecular complexity index is 743. The van der Waals surface area contributed by atoms with Crippen LogP contribution in [0.4, 0.5) is 11.4 Å². The zero-order chi connectivity index (χ0) is 16.4. The van der Waals surface area contributed by atoms with Crippen LogP contribution in [0.5, 0.6) is 0 Å². The number of nitrogens with one attached hydrogen (secondary N) is 1. The number of para-hydroxylation sites is 1. The maximum Gasteiger partial charge on any atom is 0.256 e. The normalized spacial score (nSPS) is 17.7. The van der Waals surface area contributed by atoms with E-state index >= 15 is 0 Å². The number of nitrogens with zero attached hydrogens (tertiary/aromatic N) is 1. The van der Waals surface area contributed by atoms with E-state index in [2.05, 4.69) is 28.2 Å². The Morgan fingerprint density at radius 2 is 1.83 bits per heavy atom. The number of hydrogen-bond acceptors (Lipinski definition) is 3. The average Bonchev–Trinajstić information content (AvgIpc) is 2.84. The zero-order valence-corrected chi connectivity index (χ0v) is 14.3. The number of rotatable bonds is 4. The molecule has 0 aromatic heterocycles. The summed E-state index contributed by atoms with van der Waals surface area (Å²) >= 11 is 3.44. The first-order valence-electron chi connectivity index (χ1n) is 7.57. The van der Waals surface area contributed by atoms with Gasteiger partial charge in [0, 0.05) is 10.2 Å². The van der Waals surface area contributed by atoms with Gasteiger partial charge in [-0.05, 0) is 52.2 Å². The lowest BCUT2D eigenvalue weighted by atomic mass is 10.1. The first kappa shape index (κ1) is 15.7. The Kier molecular flexibility index (Phi) is 4.48. The third-order valence-corrected chi connectivity index (χ3v) is 4.64. The molecule has 0 spiro atoms. The fourth-order valence-electron chi connectivity index (χ4n) is 2.66. The highest BCUT2D eigenvalue weighted by atomic mass is 79.9. The first-order chi connectivity index (χ1) is 11.1. The molecule has 3 rings (SSSR count). The Labute approximate surface area is 143 Å². The summed E-state index contributed by atoms with van der Waals surface area (Å²) < 4.78 is 0.867. The molecule has 2 aromatic carbocycles. The topological polar surface area (TPSA) is 49.4 Å². The van der Waals surface area contributed by atoms with E-state index in [1.807, 2.05) is 48.5 Å². The zero-order valence-electron chi connectivity index (χ0n) is 12.8. The summed E-state index contributed by atoms with van der Waals surface area (Å²) in [6.07, 6.45) is 1.09. The molecule has 2 amide bonds. The van der Waals surface area contributed by atoms with Crippen LogP contribution in [0, 0.1) is 0 Å². The van der Waals surface area contributed by atoms with E-state index in [0.717, 1.165) is 16.6 Å². The molecule has 1 heterocycles. The lowest BCUT2D eigenvalue weighted by Gasteiger charge is -2.17. The second kappa shape index (κ2) is 6.54. The Balaban J connectivity index is 1.80. The van der Waals surface area contributed by atoms with E-state index in [1.54, 1.807) is 0 Å². The molecule has 0 bridgehead atoms. The third kappa shape index (κ3) is 3.15. The summed E-state index contributed by atoms with van der Waals surface area (Å²) in [6.45, 7) is 2.07. The van der Waals surface area contributed by atoms with Crippen LogP contribution < -0.4 is 10.2 Å². The van der Waals surface area contributed by atoms with Gasteiger partial charge in [-0.15, -0.1) is 0 Å². The van der Waals surface area contributed by atoms with Crippen molar-refractivity contribution in [3.8, 4) is 0 Å². The largest absolute Gasteiger partial charge is 0.372 e. The van der Waals surface area contributed by atoms with Crippen molar-refractivity contribution in [3.05, 3.63) is 58.6 Å². The van der Waals surface area contributed by atoms with Gasteiger partial charge in [-0.25, -0.2) is 4.90 Å². The van der Waals surface area contributed by atoms with Gasteiger partial charge < -0.3 is 5.32 Å². The van der Waals surface area contributed by atoms with Crippen LogP contribution >= 0.6 is 15.9 Å². The number of benzene rings is 2. The highest BCUT2D eigenvalue weighted by Crippen LogP contribution is 2.28. The predicted molar refractivity (Wildman–Crippen MR) is 94.5 cm³/mol. The number of aryl methyl sites for hydroxylation is 1. The molecular formula is C18H17BrN2O2. The van der Waals surface area contributed by atoms with Crippen molar-refractivity contribution in [2.45, 2.75) is 25.8 Å². The van der Waals surface area contributed by atoms with Gasteiger partial charge in [-0.2, -0.15) is 0 Å². The number of imide groups is 1. The van der Waals surface area contributed by atoms with Gasteiger partial charge in [0.05, 0.1) is 12.1 Å². The fourth-order valence-corrected chi connectivity index (χ4v) is 3.06. The lowest BCUT2D eigenvalue weighted by molar-refractivity contribution is -0.121. The number of hydrogen-bond donors (Lipinski definition) is 1. The molecule has 5 heteroatoms. The van der Waals surface area contributed by atoms with Gasteiger partial charge in [0.1, 0.15) is 6.04 Å². The number of anilines is 2. The SMILES string of the molecule is CCc1ccc(N2C(=O)C[C@H](Nc3ccccc3Br)C2=O)cc1. The Hall–Kier alpha value is -2.14. The summed E-state index contributed by atoms with van der Waals surface area (Å²) in [5, 5.41) is 3.15. The molecule has 1 N–H and O–H groups in total. The van der Waals surface area contributed by atoms with Crippen LogP contribution in [-0.4, -0.2) is 17.9 Å². The van der Waals surface area contributed by atoms with E-state index in [0.29, 0.717) is 5.69 Å². The molecule has 0 aliphatic carbocycles. The molecule has 1 saturated heterocycles. The molecule has 0 saturated carbocycles. The molecule has 1 aliphatic rings. The lowest BCUT2D eigenvalue weighted by Crippen LogP contribution is -2.34. The smallest absolute Gasteiger partial charge is 0.256 e. The summed E-state index contributed by atoms with van der Waals surface area (Å²) in [6, 6.07) is 14.6. The first-order valence-corrected chi connectivity index (χ1v) is 8.36. The van der Waals surface area contributed by atoms with Crippen molar-refractivity contribution in [2.24, 2.45) is 0 Å². The second-order valence-corrected chi connectivity index (χ2v) is 6.32. The molecule has 1 fully saturated rings. The average molecular weight is 373 g/mol. The molecule has 4 nitrogen and oxygen atoms in total. The molecule has 0 unspecified atom stereocenters. The van der Waals surface area contributed by atoms with Crippen molar-refractivity contribution < 1.29 is 9.59 Å². The standard InChI is InChI=1S/C18H17BrN2O2/c1-2-12-7-9-13(10-8-12)21-17(22)11-16(18(21)23)20-15-6-4-3-5-14(15)19/h3-10,16,20H,2,11H2,1H3/t16-/m0/s1.